The van der Waals surface area contributed by atoms with Gasteiger partial charge in [-0.25, -0.2) is 0 Å². The van der Waals surface area contributed by atoms with E-state index in [-0.39, 0.29) is 24.4 Å². The summed E-state index contributed by atoms with van der Waals surface area (Å²) in [6.45, 7) is 0.192. The van der Waals surface area contributed by atoms with Gasteiger partial charge < -0.3 is 9.80 Å². The second-order valence-electron chi connectivity index (χ2n) is 4.74. The van der Waals surface area contributed by atoms with Gasteiger partial charge in [-0.2, -0.15) is 0 Å². The standard InChI is InChI=1S/C14H18N2O2/c1-15-10-13(17)16(2)12(14(15)18)9-8-11-6-4-3-5-7-11/h3-7,12H,8-10H2,1-2H3. The van der Waals surface area contributed by atoms with Crippen LogP contribution in [0, 0.1) is 0 Å². The largest absolute Gasteiger partial charge is 0.335 e. The summed E-state index contributed by atoms with van der Waals surface area (Å²) in [6.07, 6.45) is 1.48. The Labute approximate surface area is 107 Å². The van der Waals surface area contributed by atoms with Crippen molar-refractivity contribution in [2.75, 3.05) is 20.6 Å². The molecule has 0 radical (unpaired) electrons. The third kappa shape index (κ3) is 2.53. The molecule has 0 N–H and O–H groups in total. The van der Waals surface area contributed by atoms with Gasteiger partial charge in [0.25, 0.3) is 0 Å². The average molecular weight is 246 g/mol. The molecule has 0 bridgehead atoms. The molecule has 96 valence electrons. The highest BCUT2D eigenvalue weighted by atomic mass is 16.2. The van der Waals surface area contributed by atoms with Gasteiger partial charge in [-0.3, -0.25) is 9.59 Å². The first-order valence-electron chi connectivity index (χ1n) is 6.14. The van der Waals surface area contributed by atoms with Crippen LogP contribution in [0.5, 0.6) is 0 Å². The second kappa shape index (κ2) is 5.21. The summed E-state index contributed by atoms with van der Waals surface area (Å²) in [7, 11) is 3.39. The average Bonchev–Trinajstić information content (AvgIpc) is 2.38. The van der Waals surface area contributed by atoms with Crippen molar-refractivity contribution in [3.63, 3.8) is 0 Å². The Bertz CT molecular complexity index is 444. The van der Waals surface area contributed by atoms with Gasteiger partial charge in [-0.05, 0) is 18.4 Å². The normalized spacial score (nSPS) is 20.4. The van der Waals surface area contributed by atoms with E-state index in [1.807, 2.05) is 30.3 Å². The number of rotatable bonds is 3. The Hall–Kier alpha value is -1.84. The number of amides is 2. The van der Waals surface area contributed by atoms with Crippen LogP contribution in [0.15, 0.2) is 30.3 Å². The molecule has 0 aromatic heterocycles. The Morgan fingerprint density at radius 2 is 1.83 bits per heavy atom. The zero-order valence-electron chi connectivity index (χ0n) is 10.8. The first kappa shape index (κ1) is 12.6. The second-order valence-corrected chi connectivity index (χ2v) is 4.74. The van der Waals surface area contributed by atoms with Crippen LogP contribution in [0.25, 0.3) is 0 Å². The number of hydrogen-bond acceptors (Lipinski definition) is 2. The van der Waals surface area contributed by atoms with Gasteiger partial charge in [0, 0.05) is 14.1 Å². The van der Waals surface area contributed by atoms with E-state index >= 15 is 0 Å². The van der Waals surface area contributed by atoms with Crippen molar-refractivity contribution < 1.29 is 9.59 Å². The minimum Gasteiger partial charge on any atom is -0.335 e. The number of aryl methyl sites for hydroxylation is 1. The van der Waals surface area contributed by atoms with Crippen molar-refractivity contribution in [1.82, 2.24) is 9.80 Å². The molecule has 0 spiro atoms. The molecule has 1 heterocycles. The first-order chi connectivity index (χ1) is 8.59. The summed E-state index contributed by atoms with van der Waals surface area (Å²) >= 11 is 0. The molecule has 2 rings (SSSR count). The van der Waals surface area contributed by atoms with Crippen molar-refractivity contribution >= 4 is 11.8 Å². The lowest BCUT2D eigenvalue weighted by molar-refractivity contribution is -0.153. The Balaban J connectivity index is 2.02. The molecule has 1 aromatic carbocycles. The molecular formula is C14H18N2O2. The van der Waals surface area contributed by atoms with Crippen LogP contribution in [0.2, 0.25) is 0 Å². The molecule has 18 heavy (non-hydrogen) atoms. The smallest absolute Gasteiger partial charge is 0.245 e. The lowest BCUT2D eigenvalue weighted by Gasteiger charge is -2.36. The van der Waals surface area contributed by atoms with Crippen molar-refractivity contribution in [3.05, 3.63) is 35.9 Å². The number of piperazine rings is 1. The molecule has 0 saturated carbocycles. The number of nitrogens with zero attached hydrogens (tertiary/aromatic N) is 2. The first-order valence-corrected chi connectivity index (χ1v) is 6.14. The Morgan fingerprint density at radius 3 is 2.50 bits per heavy atom. The lowest BCUT2D eigenvalue weighted by atomic mass is 10.0. The molecule has 1 aromatic rings. The molecule has 1 aliphatic rings. The van der Waals surface area contributed by atoms with E-state index in [1.54, 1.807) is 19.0 Å². The fourth-order valence-corrected chi connectivity index (χ4v) is 2.25. The van der Waals surface area contributed by atoms with Crippen LogP contribution in [0.1, 0.15) is 12.0 Å². The van der Waals surface area contributed by atoms with E-state index in [0.29, 0.717) is 6.42 Å². The lowest BCUT2D eigenvalue weighted by Crippen LogP contribution is -2.57. The van der Waals surface area contributed by atoms with Crippen LogP contribution >= 0.6 is 0 Å². The molecule has 2 amide bonds. The highest BCUT2D eigenvalue weighted by molar-refractivity contribution is 5.94. The SMILES string of the molecule is CN1CC(=O)N(C)C(CCc2ccccc2)C1=O. The Kier molecular flexibility index (Phi) is 3.65. The number of hydrogen-bond donors (Lipinski definition) is 0. The number of carbonyl (C=O) groups is 2. The summed E-state index contributed by atoms with van der Waals surface area (Å²) in [5.74, 6) is 0.0446. The van der Waals surface area contributed by atoms with E-state index in [4.69, 9.17) is 0 Å². The van der Waals surface area contributed by atoms with E-state index in [1.165, 1.54) is 10.5 Å². The van der Waals surface area contributed by atoms with Gasteiger partial charge in [0.1, 0.15) is 6.04 Å². The third-order valence-corrected chi connectivity index (χ3v) is 3.44. The van der Waals surface area contributed by atoms with Crippen molar-refractivity contribution in [3.8, 4) is 0 Å². The number of likely N-dealkylation sites (N-methyl/N-ethyl adjacent to an activating group) is 2. The van der Waals surface area contributed by atoms with Crippen LogP contribution in [-0.4, -0.2) is 48.3 Å². The van der Waals surface area contributed by atoms with E-state index in [0.717, 1.165) is 6.42 Å². The van der Waals surface area contributed by atoms with Crippen molar-refractivity contribution in [2.24, 2.45) is 0 Å². The zero-order chi connectivity index (χ0) is 13.1. The highest BCUT2D eigenvalue weighted by Gasteiger charge is 2.34. The van der Waals surface area contributed by atoms with Gasteiger partial charge in [0.2, 0.25) is 11.8 Å². The molecule has 1 atom stereocenters. The zero-order valence-corrected chi connectivity index (χ0v) is 10.8. The highest BCUT2D eigenvalue weighted by Crippen LogP contribution is 2.15. The molecule has 0 aliphatic carbocycles. The van der Waals surface area contributed by atoms with Crippen molar-refractivity contribution in [2.45, 2.75) is 18.9 Å². The molecule has 1 fully saturated rings. The monoisotopic (exact) mass is 246 g/mol. The molecule has 1 aliphatic heterocycles. The van der Waals surface area contributed by atoms with Gasteiger partial charge in [0.05, 0.1) is 6.54 Å². The number of carbonyl (C=O) groups excluding carboxylic acids is 2. The number of benzene rings is 1. The molecule has 1 saturated heterocycles. The maximum Gasteiger partial charge on any atom is 0.245 e. The van der Waals surface area contributed by atoms with Gasteiger partial charge in [-0.1, -0.05) is 30.3 Å². The summed E-state index contributed by atoms with van der Waals surface area (Å²) < 4.78 is 0. The summed E-state index contributed by atoms with van der Waals surface area (Å²) in [5.41, 5.74) is 1.19. The fraction of sp³-hybridized carbons (Fsp3) is 0.429. The maximum absolute atomic E-state index is 12.0. The Morgan fingerprint density at radius 1 is 1.17 bits per heavy atom. The van der Waals surface area contributed by atoms with Crippen LogP contribution in [0.3, 0.4) is 0 Å². The maximum atomic E-state index is 12.0. The van der Waals surface area contributed by atoms with Crippen LogP contribution in [-0.2, 0) is 16.0 Å². The molecular weight excluding hydrogens is 228 g/mol. The van der Waals surface area contributed by atoms with Crippen LogP contribution < -0.4 is 0 Å². The third-order valence-electron chi connectivity index (χ3n) is 3.44. The van der Waals surface area contributed by atoms with Crippen LogP contribution in [0.4, 0.5) is 0 Å². The van der Waals surface area contributed by atoms with E-state index in [2.05, 4.69) is 0 Å². The van der Waals surface area contributed by atoms with Gasteiger partial charge in [-0.15, -0.1) is 0 Å². The van der Waals surface area contributed by atoms with Gasteiger partial charge >= 0.3 is 0 Å². The molecule has 1 unspecified atom stereocenters. The predicted molar refractivity (Wildman–Crippen MR) is 69.0 cm³/mol. The van der Waals surface area contributed by atoms with Crippen molar-refractivity contribution in [1.29, 1.82) is 0 Å². The summed E-state index contributed by atoms with van der Waals surface area (Å²) in [4.78, 5) is 26.8. The minimum absolute atomic E-state index is 0.00941. The summed E-state index contributed by atoms with van der Waals surface area (Å²) in [6, 6.07) is 9.70. The van der Waals surface area contributed by atoms with E-state index < -0.39 is 0 Å². The topological polar surface area (TPSA) is 40.6 Å². The minimum atomic E-state index is -0.323. The van der Waals surface area contributed by atoms with E-state index in [9.17, 15) is 9.59 Å². The molecule has 4 heteroatoms. The quantitative estimate of drug-likeness (QED) is 0.795. The fourth-order valence-electron chi connectivity index (χ4n) is 2.25. The predicted octanol–water partition coefficient (Wildman–Crippen LogP) is 0.918. The summed E-state index contributed by atoms with van der Waals surface area (Å²) in [5, 5.41) is 0. The molecule has 4 nitrogen and oxygen atoms in total. The van der Waals surface area contributed by atoms with Gasteiger partial charge in [0.15, 0.2) is 0 Å².